The zero-order valence-corrected chi connectivity index (χ0v) is 10.4. The first-order valence-electron chi connectivity index (χ1n) is 6.14. The summed E-state index contributed by atoms with van der Waals surface area (Å²) in [6, 6.07) is 17.6. The van der Waals surface area contributed by atoms with E-state index in [-0.39, 0.29) is 0 Å². The molecule has 19 heavy (non-hydrogen) atoms. The van der Waals surface area contributed by atoms with Gasteiger partial charge in [0.2, 0.25) is 0 Å². The second-order valence-corrected chi connectivity index (χ2v) is 4.33. The molecule has 0 aliphatic heterocycles. The lowest BCUT2D eigenvalue weighted by atomic mass is 10.1. The van der Waals surface area contributed by atoms with Crippen molar-refractivity contribution in [3.8, 4) is 5.75 Å². The van der Waals surface area contributed by atoms with E-state index < -0.39 is 0 Å². The largest absolute Gasteiger partial charge is 0.487 e. The van der Waals surface area contributed by atoms with Crippen LogP contribution in [0.25, 0.3) is 10.9 Å². The number of nitrogens with zero attached hydrogens (tertiary/aromatic N) is 1. The molecule has 1 heterocycles. The Hall–Kier alpha value is -2.55. The van der Waals surface area contributed by atoms with Gasteiger partial charge in [0.05, 0.1) is 0 Å². The summed E-state index contributed by atoms with van der Waals surface area (Å²) in [5.74, 6) is 0.758. The van der Waals surface area contributed by atoms with Crippen molar-refractivity contribution in [2.24, 2.45) is 0 Å². The summed E-state index contributed by atoms with van der Waals surface area (Å²) in [5.41, 5.74) is 8.59. The number of fused-ring (bicyclic) bond motifs is 1. The standard InChI is InChI=1S/C16H14N2O/c17-14-8-9-15(16-13(14)7-4-10-18-16)19-11-12-5-2-1-3-6-12/h1-10H,11,17H2. The van der Waals surface area contributed by atoms with E-state index >= 15 is 0 Å². The maximum absolute atomic E-state index is 5.94. The lowest BCUT2D eigenvalue weighted by Gasteiger charge is -2.10. The van der Waals surface area contributed by atoms with Gasteiger partial charge in [-0.3, -0.25) is 4.98 Å². The third-order valence-corrected chi connectivity index (χ3v) is 3.00. The monoisotopic (exact) mass is 250 g/mol. The third-order valence-electron chi connectivity index (χ3n) is 3.00. The number of anilines is 1. The first-order chi connectivity index (χ1) is 9.34. The average Bonchev–Trinajstić information content (AvgIpc) is 2.48. The molecule has 3 nitrogen and oxygen atoms in total. The van der Waals surface area contributed by atoms with Crippen molar-refractivity contribution in [3.05, 3.63) is 66.4 Å². The number of nitrogens with two attached hydrogens (primary N) is 1. The van der Waals surface area contributed by atoms with Gasteiger partial charge in [-0.25, -0.2) is 0 Å². The van der Waals surface area contributed by atoms with Crippen LogP contribution in [-0.4, -0.2) is 4.98 Å². The summed E-state index contributed by atoms with van der Waals surface area (Å²) in [5, 5.41) is 0.924. The smallest absolute Gasteiger partial charge is 0.146 e. The van der Waals surface area contributed by atoms with Crippen LogP contribution in [0.15, 0.2) is 60.8 Å². The molecule has 0 aliphatic carbocycles. The zero-order chi connectivity index (χ0) is 13.1. The van der Waals surface area contributed by atoms with E-state index in [9.17, 15) is 0 Å². The van der Waals surface area contributed by atoms with Crippen molar-refractivity contribution in [1.29, 1.82) is 0 Å². The van der Waals surface area contributed by atoms with Gasteiger partial charge in [-0.1, -0.05) is 30.3 Å². The number of nitrogen functional groups attached to an aromatic ring is 1. The van der Waals surface area contributed by atoms with E-state index in [1.54, 1.807) is 6.20 Å². The zero-order valence-electron chi connectivity index (χ0n) is 10.4. The third kappa shape index (κ3) is 2.36. The second-order valence-electron chi connectivity index (χ2n) is 4.33. The molecule has 0 fully saturated rings. The first kappa shape index (κ1) is 11.5. The first-order valence-corrected chi connectivity index (χ1v) is 6.14. The maximum Gasteiger partial charge on any atom is 0.146 e. The van der Waals surface area contributed by atoms with Gasteiger partial charge in [-0.05, 0) is 29.8 Å². The molecule has 0 spiro atoms. The SMILES string of the molecule is Nc1ccc(OCc2ccccc2)c2ncccc12. The van der Waals surface area contributed by atoms with Crippen LogP contribution >= 0.6 is 0 Å². The molecule has 94 valence electrons. The van der Waals surface area contributed by atoms with Crippen molar-refractivity contribution in [2.45, 2.75) is 6.61 Å². The molecule has 2 N–H and O–H groups in total. The molecule has 3 aromatic rings. The van der Waals surface area contributed by atoms with Crippen LogP contribution in [0.3, 0.4) is 0 Å². The summed E-state index contributed by atoms with van der Waals surface area (Å²) < 4.78 is 5.84. The van der Waals surface area contributed by atoms with Gasteiger partial charge in [0.1, 0.15) is 17.9 Å². The van der Waals surface area contributed by atoms with Crippen molar-refractivity contribution < 1.29 is 4.74 Å². The Morgan fingerprint density at radius 3 is 2.63 bits per heavy atom. The van der Waals surface area contributed by atoms with Crippen LogP contribution in [-0.2, 0) is 6.61 Å². The average molecular weight is 250 g/mol. The van der Waals surface area contributed by atoms with Crippen LogP contribution in [0.1, 0.15) is 5.56 Å². The lowest BCUT2D eigenvalue weighted by Crippen LogP contribution is -1.97. The summed E-state index contributed by atoms with van der Waals surface area (Å²) >= 11 is 0. The Bertz CT molecular complexity index is 695. The molecule has 0 bridgehead atoms. The highest BCUT2D eigenvalue weighted by molar-refractivity contribution is 5.94. The highest BCUT2D eigenvalue weighted by Gasteiger charge is 2.06. The quantitative estimate of drug-likeness (QED) is 0.725. The molecule has 0 saturated carbocycles. The van der Waals surface area contributed by atoms with E-state index in [4.69, 9.17) is 10.5 Å². The molecule has 3 heteroatoms. The van der Waals surface area contributed by atoms with E-state index in [2.05, 4.69) is 4.98 Å². The predicted molar refractivity (Wildman–Crippen MR) is 76.9 cm³/mol. The van der Waals surface area contributed by atoms with Gasteiger partial charge in [-0.15, -0.1) is 0 Å². The molecular formula is C16H14N2O. The van der Waals surface area contributed by atoms with Crippen molar-refractivity contribution in [1.82, 2.24) is 4.98 Å². The Morgan fingerprint density at radius 1 is 0.947 bits per heavy atom. The fraction of sp³-hybridized carbons (Fsp3) is 0.0625. The fourth-order valence-electron chi connectivity index (χ4n) is 2.02. The van der Waals surface area contributed by atoms with Crippen LogP contribution < -0.4 is 10.5 Å². The molecule has 0 aliphatic rings. The van der Waals surface area contributed by atoms with E-state index in [1.165, 1.54) is 0 Å². The molecule has 0 atom stereocenters. The minimum absolute atomic E-state index is 0.524. The van der Waals surface area contributed by atoms with Gasteiger partial charge in [0.25, 0.3) is 0 Å². The number of hydrogen-bond donors (Lipinski definition) is 1. The predicted octanol–water partition coefficient (Wildman–Crippen LogP) is 3.40. The van der Waals surface area contributed by atoms with Gasteiger partial charge >= 0.3 is 0 Å². The number of hydrogen-bond acceptors (Lipinski definition) is 3. The van der Waals surface area contributed by atoms with Crippen LogP contribution in [0.4, 0.5) is 5.69 Å². The van der Waals surface area contributed by atoms with Crippen LogP contribution in [0.5, 0.6) is 5.75 Å². The number of pyridine rings is 1. The molecule has 3 rings (SSSR count). The van der Waals surface area contributed by atoms with E-state index in [0.29, 0.717) is 6.61 Å². The molecule has 2 aromatic carbocycles. The van der Waals surface area contributed by atoms with Crippen molar-refractivity contribution in [3.63, 3.8) is 0 Å². The fourth-order valence-corrected chi connectivity index (χ4v) is 2.02. The van der Waals surface area contributed by atoms with E-state index in [1.807, 2.05) is 54.6 Å². The maximum atomic E-state index is 5.94. The minimum Gasteiger partial charge on any atom is -0.487 e. The highest BCUT2D eigenvalue weighted by atomic mass is 16.5. The molecular weight excluding hydrogens is 236 g/mol. The number of rotatable bonds is 3. The topological polar surface area (TPSA) is 48.1 Å². The van der Waals surface area contributed by atoms with E-state index in [0.717, 1.165) is 27.9 Å². The number of ether oxygens (including phenoxy) is 1. The minimum atomic E-state index is 0.524. The lowest BCUT2D eigenvalue weighted by molar-refractivity contribution is 0.309. The van der Waals surface area contributed by atoms with Gasteiger partial charge in [0.15, 0.2) is 0 Å². The highest BCUT2D eigenvalue weighted by Crippen LogP contribution is 2.28. The van der Waals surface area contributed by atoms with Crippen LogP contribution in [0.2, 0.25) is 0 Å². The Kier molecular flexibility index (Phi) is 3.02. The molecule has 0 saturated heterocycles. The molecule has 1 aromatic heterocycles. The molecule has 0 amide bonds. The summed E-state index contributed by atoms with van der Waals surface area (Å²) in [7, 11) is 0. The Balaban J connectivity index is 1.91. The molecule has 0 radical (unpaired) electrons. The summed E-state index contributed by atoms with van der Waals surface area (Å²) in [4.78, 5) is 4.35. The van der Waals surface area contributed by atoms with Gasteiger partial charge in [0, 0.05) is 17.3 Å². The van der Waals surface area contributed by atoms with Gasteiger partial charge < -0.3 is 10.5 Å². The Morgan fingerprint density at radius 2 is 1.79 bits per heavy atom. The Labute approximate surface area is 111 Å². The van der Waals surface area contributed by atoms with Crippen LogP contribution in [0, 0.1) is 0 Å². The number of benzene rings is 2. The molecule has 0 unspecified atom stereocenters. The summed E-state index contributed by atoms with van der Waals surface area (Å²) in [6.07, 6.45) is 1.75. The van der Waals surface area contributed by atoms with Gasteiger partial charge in [-0.2, -0.15) is 0 Å². The number of aromatic nitrogens is 1. The summed E-state index contributed by atoms with van der Waals surface area (Å²) in [6.45, 7) is 0.524. The second kappa shape index (κ2) is 4.98. The van der Waals surface area contributed by atoms with Crippen molar-refractivity contribution >= 4 is 16.6 Å². The van der Waals surface area contributed by atoms with Crippen molar-refractivity contribution in [2.75, 3.05) is 5.73 Å². The normalized spacial score (nSPS) is 10.5.